The fourth-order valence-electron chi connectivity index (χ4n) is 2.24. The van der Waals surface area contributed by atoms with Gasteiger partial charge < -0.3 is 5.11 Å². The summed E-state index contributed by atoms with van der Waals surface area (Å²) < 4.78 is 27.2. The zero-order valence-electron chi connectivity index (χ0n) is 11.9. The fourth-order valence-corrected chi connectivity index (χ4v) is 3.29. The highest BCUT2D eigenvalue weighted by Crippen LogP contribution is 2.22. The van der Waals surface area contributed by atoms with Gasteiger partial charge in [0.05, 0.1) is 10.5 Å². The predicted octanol–water partition coefficient (Wildman–Crippen LogP) is 3.34. The van der Waals surface area contributed by atoms with Crippen LogP contribution in [-0.4, -0.2) is 19.5 Å². The van der Waals surface area contributed by atoms with Gasteiger partial charge in [0.1, 0.15) is 0 Å². The quantitative estimate of drug-likeness (QED) is 0.770. The van der Waals surface area contributed by atoms with Gasteiger partial charge in [-0.2, -0.15) is 0 Å². The van der Waals surface area contributed by atoms with Crippen LogP contribution in [-0.2, 0) is 10.0 Å². The van der Waals surface area contributed by atoms with E-state index in [2.05, 4.69) is 4.72 Å². The lowest BCUT2D eigenvalue weighted by Crippen LogP contribution is -2.13. The molecule has 0 atom stereocenters. The van der Waals surface area contributed by atoms with E-state index in [0.717, 1.165) is 10.8 Å². The number of hydrogen-bond acceptors (Lipinski definition) is 3. The summed E-state index contributed by atoms with van der Waals surface area (Å²) in [5.74, 6) is -1.10. The van der Waals surface area contributed by atoms with Gasteiger partial charge in [0, 0.05) is 5.69 Å². The van der Waals surface area contributed by atoms with E-state index in [0.29, 0.717) is 5.69 Å². The lowest BCUT2D eigenvalue weighted by atomic mass is 10.1. The molecule has 3 aromatic rings. The molecule has 0 amide bonds. The molecule has 0 spiro atoms. The molecule has 0 saturated heterocycles. The standard InChI is InChI=1S/C17H13NO4S/c19-17(20)13-6-9-16(10-7-13)23(21,22)18-15-8-5-12-3-1-2-4-14(12)11-15/h1-11,18H,(H,19,20). The van der Waals surface area contributed by atoms with Gasteiger partial charge in [-0.3, -0.25) is 4.72 Å². The van der Waals surface area contributed by atoms with Crippen molar-refractivity contribution in [1.82, 2.24) is 0 Å². The third-order valence-corrected chi connectivity index (χ3v) is 4.81. The number of benzene rings is 3. The van der Waals surface area contributed by atoms with Gasteiger partial charge in [0.2, 0.25) is 0 Å². The molecule has 0 unspecified atom stereocenters. The van der Waals surface area contributed by atoms with Crippen molar-refractivity contribution in [2.24, 2.45) is 0 Å². The van der Waals surface area contributed by atoms with E-state index in [1.807, 2.05) is 30.3 Å². The molecule has 3 rings (SSSR count). The van der Waals surface area contributed by atoms with E-state index in [4.69, 9.17) is 5.11 Å². The van der Waals surface area contributed by atoms with Crippen molar-refractivity contribution < 1.29 is 18.3 Å². The van der Waals surface area contributed by atoms with Crippen LogP contribution in [0.3, 0.4) is 0 Å². The Balaban J connectivity index is 1.91. The lowest BCUT2D eigenvalue weighted by Gasteiger charge is -2.09. The molecule has 2 N–H and O–H groups in total. The van der Waals surface area contributed by atoms with E-state index >= 15 is 0 Å². The summed E-state index contributed by atoms with van der Waals surface area (Å²) in [6.45, 7) is 0. The molecule has 0 aliphatic carbocycles. The molecule has 0 aromatic heterocycles. The van der Waals surface area contributed by atoms with E-state index < -0.39 is 16.0 Å². The summed E-state index contributed by atoms with van der Waals surface area (Å²) in [7, 11) is -3.77. The van der Waals surface area contributed by atoms with Crippen molar-refractivity contribution in [3.63, 3.8) is 0 Å². The predicted molar refractivity (Wildman–Crippen MR) is 88.2 cm³/mol. The molecule has 0 aliphatic rings. The van der Waals surface area contributed by atoms with Crippen LogP contribution >= 0.6 is 0 Å². The summed E-state index contributed by atoms with van der Waals surface area (Å²) in [6.07, 6.45) is 0. The monoisotopic (exact) mass is 327 g/mol. The van der Waals surface area contributed by atoms with Crippen LogP contribution in [0.2, 0.25) is 0 Å². The minimum Gasteiger partial charge on any atom is -0.478 e. The summed E-state index contributed by atoms with van der Waals surface area (Å²) in [5, 5.41) is 10.8. The molecule has 0 bridgehead atoms. The summed E-state index contributed by atoms with van der Waals surface area (Å²) in [4.78, 5) is 10.8. The Labute approximate surface area is 133 Å². The second-order valence-corrected chi connectivity index (χ2v) is 6.68. The SMILES string of the molecule is O=C(O)c1ccc(S(=O)(=O)Nc2ccc3ccccc3c2)cc1. The Bertz CT molecular complexity index is 979. The molecule has 23 heavy (non-hydrogen) atoms. The Morgan fingerprint density at radius 2 is 1.52 bits per heavy atom. The Morgan fingerprint density at radius 3 is 2.17 bits per heavy atom. The second-order valence-electron chi connectivity index (χ2n) is 5.00. The number of carboxylic acids is 1. The fraction of sp³-hybridized carbons (Fsp3) is 0. The zero-order valence-corrected chi connectivity index (χ0v) is 12.7. The first-order valence-corrected chi connectivity index (χ1v) is 8.29. The maximum atomic E-state index is 12.4. The van der Waals surface area contributed by atoms with Crippen LogP contribution < -0.4 is 4.72 Å². The summed E-state index contributed by atoms with van der Waals surface area (Å²) in [5.41, 5.74) is 0.487. The number of aromatic carboxylic acids is 1. The number of rotatable bonds is 4. The molecule has 0 fully saturated rings. The van der Waals surface area contributed by atoms with Crippen molar-refractivity contribution >= 4 is 32.5 Å². The van der Waals surface area contributed by atoms with Crippen molar-refractivity contribution in [3.8, 4) is 0 Å². The first-order chi connectivity index (χ1) is 11.0. The molecular weight excluding hydrogens is 314 g/mol. The lowest BCUT2D eigenvalue weighted by molar-refractivity contribution is 0.0696. The molecule has 3 aromatic carbocycles. The number of carboxylic acid groups (broad SMARTS) is 1. The number of hydrogen-bond donors (Lipinski definition) is 2. The zero-order chi connectivity index (χ0) is 16.4. The summed E-state index contributed by atoms with van der Waals surface area (Å²) >= 11 is 0. The topological polar surface area (TPSA) is 83.5 Å². The van der Waals surface area contributed by atoms with Crippen molar-refractivity contribution in [2.45, 2.75) is 4.90 Å². The molecule has 0 aliphatic heterocycles. The smallest absolute Gasteiger partial charge is 0.335 e. The minimum atomic E-state index is -3.77. The summed E-state index contributed by atoms with van der Waals surface area (Å²) in [6, 6.07) is 18.0. The van der Waals surface area contributed by atoms with Crippen molar-refractivity contribution in [3.05, 3.63) is 72.3 Å². The third-order valence-electron chi connectivity index (χ3n) is 3.41. The van der Waals surface area contributed by atoms with Crippen LogP contribution in [0.5, 0.6) is 0 Å². The molecule has 0 heterocycles. The van der Waals surface area contributed by atoms with Gasteiger partial charge in [-0.05, 0) is 47.2 Å². The van der Waals surface area contributed by atoms with E-state index in [-0.39, 0.29) is 10.5 Å². The maximum Gasteiger partial charge on any atom is 0.335 e. The Hall–Kier alpha value is -2.86. The Morgan fingerprint density at radius 1 is 0.870 bits per heavy atom. The average Bonchev–Trinajstić information content (AvgIpc) is 2.54. The number of sulfonamides is 1. The van der Waals surface area contributed by atoms with Crippen LogP contribution in [0.15, 0.2) is 71.6 Å². The molecule has 116 valence electrons. The minimum absolute atomic E-state index is 0.00987. The van der Waals surface area contributed by atoms with E-state index in [1.54, 1.807) is 12.1 Å². The van der Waals surface area contributed by atoms with Crippen molar-refractivity contribution in [1.29, 1.82) is 0 Å². The third kappa shape index (κ3) is 3.17. The normalized spacial score (nSPS) is 11.3. The van der Waals surface area contributed by atoms with Gasteiger partial charge in [0.15, 0.2) is 0 Å². The molecular formula is C17H13NO4S. The van der Waals surface area contributed by atoms with Gasteiger partial charge in [0.25, 0.3) is 10.0 Å². The number of fused-ring (bicyclic) bond motifs is 1. The molecule has 5 nitrogen and oxygen atoms in total. The van der Waals surface area contributed by atoms with E-state index in [9.17, 15) is 13.2 Å². The van der Waals surface area contributed by atoms with Crippen LogP contribution in [0.1, 0.15) is 10.4 Å². The Kier molecular flexibility index (Phi) is 3.75. The average molecular weight is 327 g/mol. The van der Waals surface area contributed by atoms with Gasteiger partial charge >= 0.3 is 5.97 Å². The highest BCUT2D eigenvalue weighted by Gasteiger charge is 2.15. The van der Waals surface area contributed by atoms with Crippen LogP contribution in [0, 0.1) is 0 Å². The first kappa shape index (κ1) is 15.1. The molecule has 6 heteroatoms. The van der Waals surface area contributed by atoms with Gasteiger partial charge in [-0.25, -0.2) is 13.2 Å². The number of nitrogens with one attached hydrogen (secondary N) is 1. The van der Waals surface area contributed by atoms with E-state index in [1.165, 1.54) is 24.3 Å². The van der Waals surface area contributed by atoms with Crippen LogP contribution in [0.4, 0.5) is 5.69 Å². The molecule has 0 radical (unpaired) electrons. The van der Waals surface area contributed by atoms with Gasteiger partial charge in [-0.15, -0.1) is 0 Å². The highest BCUT2D eigenvalue weighted by molar-refractivity contribution is 7.92. The van der Waals surface area contributed by atoms with Gasteiger partial charge in [-0.1, -0.05) is 30.3 Å². The van der Waals surface area contributed by atoms with Crippen molar-refractivity contribution in [2.75, 3.05) is 4.72 Å². The van der Waals surface area contributed by atoms with Crippen LogP contribution in [0.25, 0.3) is 10.8 Å². The number of carbonyl (C=O) groups is 1. The molecule has 0 saturated carbocycles. The second kappa shape index (κ2) is 5.73. The first-order valence-electron chi connectivity index (χ1n) is 6.81. The largest absolute Gasteiger partial charge is 0.478 e. The highest BCUT2D eigenvalue weighted by atomic mass is 32.2. The number of anilines is 1. The maximum absolute atomic E-state index is 12.4.